The zero-order valence-corrected chi connectivity index (χ0v) is 16.0. The van der Waals surface area contributed by atoms with Crippen LogP contribution in [0.4, 0.5) is 5.69 Å². The zero-order valence-electron chi connectivity index (χ0n) is 15.1. The van der Waals surface area contributed by atoms with E-state index in [2.05, 4.69) is 27.4 Å². The van der Waals surface area contributed by atoms with E-state index >= 15 is 0 Å². The van der Waals surface area contributed by atoms with E-state index in [1.165, 1.54) is 4.88 Å². The number of fused-ring (bicyclic) bond motifs is 1. The summed E-state index contributed by atoms with van der Waals surface area (Å²) in [6, 6.07) is 9.93. The number of hydrogen-bond donors (Lipinski definition) is 1. The second-order valence-electron chi connectivity index (χ2n) is 6.82. The molecule has 2 aromatic heterocycles. The number of para-hydroxylation sites is 1. The maximum absolute atomic E-state index is 12.5. The molecule has 6 nitrogen and oxygen atoms in total. The van der Waals surface area contributed by atoms with Gasteiger partial charge in [0.2, 0.25) is 5.91 Å². The van der Waals surface area contributed by atoms with Crippen LogP contribution < -0.4 is 10.7 Å². The molecule has 0 unspecified atom stereocenters. The highest BCUT2D eigenvalue weighted by molar-refractivity contribution is 7.09. The predicted octanol–water partition coefficient (Wildman–Crippen LogP) is 3.24. The molecule has 4 rings (SSSR count). The van der Waals surface area contributed by atoms with E-state index in [0.717, 1.165) is 38.0 Å². The lowest BCUT2D eigenvalue weighted by Gasteiger charge is -2.36. The number of amides is 1. The molecule has 1 aliphatic rings. The van der Waals surface area contributed by atoms with Crippen molar-refractivity contribution in [2.24, 2.45) is 0 Å². The fourth-order valence-corrected chi connectivity index (χ4v) is 4.34. The topological polar surface area (TPSA) is 69.6 Å². The van der Waals surface area contributed by atoms with Crippen LogP contribution in [0.25, 0.3) is 11.1 Å². The Balaban J connectivity index is 1.28. The predicted molar refractivity (Wildman–Crippen MR) is 108 cm³/mol. The second kappa shape index (κ2) is 8.00. The lowest BCUT2D eigenvalue weighted by atomic mass is 10.1. The van der Waals surface area contributed by atoms with E-state index in [4.69, 9.17) is 4.42 Å². The Morgan fingerprint density at radius 2 is 1.96 bits per heavy atom. The number of rotatable bonds is 6. The van der Waals surface area contributed by atoms with Crippen LogP contribution >= 0.6 is 11.3 Å². The van der Waals surface area contributed by atoms with Gasteiger partial charge in [0.05, 0.1) is 11.2 Å². The molecule has 1 amide bonds. The number of carbonyl (C=O) groups is 1. The summed E-state index contributed by atoms with van der Waals surface area (Å²) in [6.45, 7) is 2.90. The van der Waals surface area contributed by atoms with Crippen molar-refractivity contribution in [3.63, 3.8) is 0 Å². The maximum Gasteiger partial charge on any atom is 0.417 e. The van der Waals surface area contributed by atoms with Gasteiger partial charge in [-0.15, -0.1) is 11.3 Å². The summed E-state index contributed by atoms with van der Waals surface area (Å²) in [5.74, 6) is -0.193. The first kappa shape index (κ1) is 17.9. The van der Waals surface area contributed by atoms with Crippen molar-refractivity contribution in [2.45, 2.75) is 25.7 Å². The number of oxazole rings is 1. The molecule has 142 valence electrons. The Labute approximate surface area is 161 Å². The fraction of sp³-hybridized carbons (Fsp3) is 0.400. The normalized spacial score (nSPS) is 14.8. The van der Waals surface area contributed by atoms with E-state index in [1.807, 2.05) is 23.1 Å². The lowest BCUT2D eigenvalue weighted by Crippen LogP contribution is -2.48. The smallest absolute Gasteiger partial charge is 0.406 e. The van der Waals surface area contributed by atoms with Crippen LogP contribution in [0.2, 0.25) is 0 Å². The van der Waals surface area contributed by atoms with Crippen LogP contribution in [-0.2, 0) is 11.2 Å². The Hall–Kier alpha value is -2.54. The minimum Gasteiger partial charge on any atom is -0.406 e. The van der Waals surface area contributed by atoms with E-state index in [0.29, 0.717) is 30.6 Å². The average molecular weight is 385 g/mol. The Morgan fingerprint density at radius 3 is 2.74 bits per heavy atom. The third-order valence-corrected chi connectivity index (χ3v) is 5.98. The summed E-state index contributed by atoms with van der Waals surface area (Å²) in [4.78, 5) is 32.2. The average Bonchev–Trinajstić information content (AvgIpc) is 3.33. The van der Waals surface area contributed by atoms with Gasteiger partial charge in [0.25, 0.3) is 0 Å². The number of nitrogens with zero attached hydrogens (tertiary/aromatic N) is 2. The molecule has 3 heterocycles. The first-order chi connectivity index (χ1) is 13.2. The molecule has 0 atom stereocenters. The Kier molecular flexibility index (Phi) is 5.29. The largest absolute Gasteiger partial charge is 0.417 e. The molecule has 3 aromatic rings. The summed E-state index contributed by atoms with van der Waals surface area (Å²) >= 11 is 1.78. The first-order valence-electron chi connectivity index (χ1n) is 9.37. The Bertz CT molecular complexity index is 952. The van der Waals surface area contributed by atoms with Gasteiger partial charge in [-0.2, -0.15) is 0 Å². The summed E-state index contributed by atoms with van der Waals surface area (Å²) in [6.07, 6.45) is 3.67. The quantitative estimate of drug-likeness (QED) is 0.662. The maximum atomic E-state index is 12.5. The van der Waals surface area contributed by atoms with Crippen molar-refractivity contribution in [1.29, 1.82) is 0 Å². The van der Waals surface area contributed by atoms with Gasteiger partial charge in [-0.25, -0.2) is 4.79 Å². The number of aromatic amines is 1. The fourth-order valence-electron chi connectivity index (χ4n) is 3.59. The molecule has 1 aliphatic heterocycles. The molecule has 1 fully saturated rings. The molecule has 1 N–H and O–H groups in total. The number of piperazine rings is 1. The van der Waals surface area contributed by atoms with E-state index in [1.54, 1.807) is 11.3 Å². The minimum absolute atomic E-state index is 0.243. The molecule has 0 aliphatic carbocycles. The van der Waals surface area contributed by atoms with Gasteiger partial charge in [0, 0.05) is 37.5 Å². The number of anilines is 1. The number of aromatic nitrogens is 1. The summed E-state index contributed by atoms with van der Waals surface area (Å²) in [5.41, 5.74) is 2.21. The number of aryl methyl sites for hydroxylation is 1. The number of benzene rings is 1. The van der Waals surface area contributed by atoms with Crippen molar-refractivity contribution in [3.05, 3.63) is 51.1 Å². The lowest BCUT2D eigenvalue weighted by molar-refractivity contribution is -0.131. The van der Waals surface area contributed by atoms with Gasteiger partial charge >= 0.3 is 5.76 Å². The van der Waals surface area contributed by atoms with E-state index < -0.39 is 5.76 Å². The monoisotopic (exact) mass is 385 g/mol. The third-order valence-electron chi connectivity index (χ3n) is 5.04. The third kappa shape index (κ3) is 4.08. The molecule has 1 saturated heterocycles. The number of nitrogens with one attached hydrogen (secondary N) is 1. The SMILES string of the molecule is O=C(CCCCc1cccs1)N1CCN(c2cccc3[nH]c(=O)oc23)CC1. The summed E-state index contributed by atoms with van der Waals surface area (Å²) in [5, 5.41) is 2.10. The van der Waals surface area contributed by atoms with Gasteiger partial charge in [0.15, 0.2) is 5.58 Å². The van der Waals surface area contributed by atoms with E-state index in [9.17, 15) is 9.59 Å². The molecular formula is C20H23N3O3S. The van der Waals surface area contributed by atoms with Crippen molar-refractivity contribution < 1.29 is 9.21 Å². The second-order valence-corrected chi connectivity index (χ2v) is 7.85. The van der Waals surface area contributed by atoms with Crippen molar-refractivity contribution in [3.8, 4) is 0 Å². The molecule has 0 radical (unpaired) electrons. The molecule has 0 saturated carbocycles. The molecule has 0 bridgehead atoms. The number of carbonyl (C=O) groups excluding carboxylic acids is 1. The van der Waals surface area contributed by atoms with Crippen molar-refractivity contribution >= 4 is 34.0 Å². The molecule has 7 heteroatoms. The number of unbranched alkanes of at least 4 members (excludes halogenated alkanes) is 1. The van der Waals surface area contributed by atoms with Crippen LogP contribution in [-0.4, -0.2) is 42.0 Å². The van der Waals surface area contributed by atoms with Crippen LogP contribution in [0.5, 0.6) is 0 Å². The highest BCUT2D eigenvalue weighted by Crippen LogP contribution is 2.26. The molecule has 1 aromatic carbocycles. The standard InChI is InChI=1S/C20H23N3O3S/c24-18(9-2-1-5-15-6-4-14-27-15)23-12-10-22(11-13-23)17-8-3-7-16-19(17)26-20(25)21-16/h3-4,6-8,14H,1-2,5,9-13H2,(H,21,25). The van der Waals surface area contributed by atoms with Gasteiger partial charge in [0.1, 0.15) is 0 Å². The van der Waals surface area contributed by atoms with Gasteiger partial charge in [-0.1, -0.05) is 12.1 Å². The van der Waals surface area contributed by atoms with Gasteiger partial charge in [-0.3, -0.25) is 9.78 Å². The van der Waals surface area contributed by atoms with Crippen LogP contribution in [0.1, 0.15) is 24.1 Å². The van der Waals surface area contributed by atoms with Gasteiger partial charge in [-0.05, 0) is 42.8 Å². The zero-order chi connectivity index (χ0) is 18.6. The van der Waals surface area contributed by atoms with Crippen molar-refractivity contribution in [2.75, 3.05) is 31.1 Å². The van der Waals surface area contributed by atoms with Crippen LogP contribution in [0.15, 0.2) is 44.9 Å². The summed E-state index contributed by atoms with van der Waals surface area (Å²) < 4.78 is 5.29. The number of H-pyrrole nitrogens is 1. The van der Waals surface area contributed by atoms with Crippen LogP contribution in [0.3, 0.4) is 0 Å². The summed E-state index contributed by atoms with van der Waals surface area (Å²) in [7, 11) is 0. The first-order valence-corrected chi connectivity index (χ1v) is 10.3. The number of hydrogen-bond acceptors (Lipinski definition) is 5. The molecule has 27 heavy (non-hydrogen) atoms. The van der Waals surface area contributed by atoms with E-state index in [-0.39, 0.29) is 5.91 Å². The minimum atomic E-state index is -0.436. The number of thiophene rings is 1. The highest BCUT2D eigenvalue weighted by Gasteiger charge is 2.23. The van der Waals surface area contributed by atoms with Crippen molar-refractivity contribution in [1.82, 2.24) is 9.88 Å². The molecular weight excluding hydrogens is 362 g/mol. The highest BCUT2D eigenvalue weighted by atomic mass is 32.1. The van der Waals surface area contributed by atoms with Gasteiger partial charge < -0.3 is 14.2 Å². The van der Waals surface area contributed by atoms with Crippen LogP contribution in [0, 0.1) is 0 Å². The molecule has 0 spiro atoms. The Morgan fingerprint density at radius 1 is 1.11 bits per heavy atom.